The molecule has 4 aromatic rings. The Bertz CT molecular complexity index is 1430. The minimum Gasteiger partial charge on any atom is -0.497 e. The van der Waals surface area contributed by atoms with Crippen molar-refractivity contribution in [2.75, 3.05) is 19.0 Å². The van der Waals surface area contributed by atoms with Gasteiger partial charge in [0, 0.05) is 19.8 Å². The molecule has 0 aliphatic rings. The van der Waals surface area contributed by atoms with Crippen LogP contribution in [0.25, 0.3) is 17.0 Å². The maximum atomic E-state index is 13.3. The van der Waals surface area contributed by atoms with Crippen LogP contribution in [0.3, 0.4) is 0 Å². The standard InChI is InChI=1S/C27H26N4O4/c1-31-26(21(17-25(32)33)19-8-5-9-20(16-19)35-2)30-23-12-11-18(15-22(23)27(31)34)7-6-14-29-24-10-3-4-13-28-24/h3-13,15-16,21H,14,17H2,1-2H3,(H,28,29)(H,32,33)/t21-/m1/s1. The number of nitrogens with zero attached hydrogens (tertiary/aromatic N) is 3. The largest absolute Gasteiger partial charge is 0.497 e. The van der Waals surface area contributed by atoms with Gasteiger partial charge in [-0.05, 0) is 47.5 Å². The molecule has 0 spiro atoms. The minimum atomic E-state index is -0.980. The Hall–Kier alpha value is -4.46. The van der Waals surface area contributed by atoms with Crippen LogP contribution in [0.15, 0.2) is 77.7 Å². The summed E-state index contributed by atoms with van der Waals surface area (Å²) < 4.78 is 6.73. The van der Waals surface area contributed by atoms with Crippen LogP contribution in [0.1, 0.15) is 29.3 Å². The highest BCUT2D eigenvalue weighted by Crippen LogP contribution is 2.29. The summed E-state index contributed by atoms with van der Waals surface area (Å²) in [5.41, 5.74) is 1.87. The monoisotopic (exact) mass is 470 g/mol. The number of nitrogens with one attached hydrogen (secondary N) is 1. The van der Waals surface area contributed by atoms with E-state index in [9.17, 15) is 14.7 Å². The molecule has 0 unspecified atom stereocenters. The van der Waals surface area contributed by atoms with E-state index < -0.39 is 11.9 Å². The van der Waals surface area contributed by atoms with E-state index in [0.29, 0.717) is 34.6 Å². The average molecular weight is 471 g/mol. The lowest BCUT2D eigenvalue weighted by Crippen LogP contribution is -2.26. The van der Waals surface area contributed by atoms with Gasteiger partial charge in [-0.3, -0.25) is 14.2 Å². The number of carboxylic acid groups (broad SMARTS) is 1. The predicted molar refractivity (Wildman–Crippen MR) is 136 cm³/mol. The van der Waals surface area contributed by atoms with E-state index in [4.69, 9.17) is 9.72 Å². The number of benzene rings is 2. The molecule has 0 fully saturated rings. The van der Waals surface area contributed by atoms with Gasteiger partial charge in [0.15, 0.2) is 0 Å². The average Bonchev–Trinajstić information content (AvgIpc) is 2.88. The van der Waals surface area contributed by atoms with Gasteiger partial charge in [0.05, 0.1) is 30.4 Å². The van der Waals surface area contributed by atoms with Crippen LogP contribution in [0.4, 0.5) is 5.82 Å². The van der Waals surface area contributed by atoms with E-state index in [1.54, 1.807) is 50.7 Å². The molecule has 178 valence electrons. The van der Waals surface area contributed by atoms with Crippen LogP contribution in [-0.2, 0) is 11.8 Å². The smallest absolute Gasteiger partial charge is 0.304 e. The highest BCUT2D eigenvalue weighted by atomic mass is 16.5. The quantitative estimate of drug-likeness (QED) is 0.380. The number of aromatic nitrogens is 3. The third-order valence-electron chi connectivity index (χ3n) is 5.70. The molecule has 1 atom stereocenters. The summed E-state index contributed by atoms with van der Waals surface area (Å²) in [6, 6.07) is 18.3. The Morgan fingerprint density at radius 3 is 2.77 bits per heavy atom. The molecule has 0 aliphatic carbocycles. The highest BCUT2D eigenvalue weighted by molar-refractivity contribution is 5.81. The lowest BCUT2D eigenvalue weighted by atomic mass is 9.94. The summed E-state index contributed by atoms with van der Waals surface area (Å²) >= 11 is 0. The van der Waals surface area contributed by atoms with Crippen LogP contribution in [0.2, 0.25) is 0 Å². The summed E-state index contributed by atoms with van der Waals surface area (Å²) in [5, 5.41) is 13.2. The van der Waals surface area contributed by atoms with E-state index >= 15 is 0 Å². The molecule has 8 nitrogen and oxygen atoms in total. The fourth-order valence-corrected chi connectivity index (χ4v) is 3.94. The zero-order valence-electron chi connectivity index (χ0n) is 19.5. The first-order valence-electron chi connectivity index (χ1n) is 11.1. The first-order valence-corrected chi connectivity index (χ1v) is 11.1. The van der Waals surface area contributed by atoms with Gasteiger partial charge in [-0.25, -0.2) is 9.97 Å². The van der Waals surface area contributed by atoms with Crippen LogP contribution in [0.5, 0.6) is 5.75 Å². The van der Waals surface area contributed by atoms with Gasteiger partial charge in [-0.15, -0.1) is 0 Å². The zero-order chi connectivity index (χ0) is 24.8. The molecule has 0 bridgehead atoms. The highest BCUT2D eigenvalue weighted by Gasteiger charge is 2.24. The van der Waals surface area contributed by atoms with Crippen molar-refractivity contribution in [3.05, 3.63) is 100 Å². The molecule has 4 rings (SSSR count). The fourth-order valence-electron chi connectivity index (χ4n) is 3.94. The van der Waals surface area contributed by atoms with Crippen molar-refractivity contribution in [2.24, 2.45) is 7.05 Å². The molecule has 0 amide bonds. The van der Waals surface area contributed by atoms with Crippen molar-refractivity contribution in [1.82, 2.24) is 14.5 Å². The number of hydrogen-bond donors (Lipinski definition) is 2. The Morgan fingerprint density at radius 2 is 2.03 bits per heavy atom. The molecule has 35 heavy (non-hydrogen) atoms. The van der Waals surface area contributed by atoms with Crippen molar-refractivity contribution in [1.29, 1.82) is 0 Å². The number of hydrogen-bond acceptors (Lipinski definition) is 6. The number of rotatable bonds is 9. The number of fused-ring (bicyclic) bond motifs is 1. The summed E-state index contributed by atoms with van der Waals surface area (Å²) in [5.74, 6) is 0.195. The van der Waals surface area contributed by atoms with E-state index in [2.05, 4.69) is 10.3 Å². The van der Waals surface area contributed by atoms with E-state index in [1.807, 2.05) is 42.5 Å². The number of aliphatic carboxylic acids is 1. The van der Waals surface area contributed by atoms with Gasteiger partial charge in [-0.2, -0.15) is 0 Å². The maximum absolute atomic E-state index is 13.3. The predicted octanol–water partition coefficient (Wildman–Crippen LogP) is 4.07. The zero-order valence-corrected chi connectivity index (χ0v) is 19.5. The molecule has 0 aliphatic heterocycles. The number of ether oxygens (including phenoxy) is 1. The molecule has 2 N–H and O–H groups in total. The normalized spacial score (nSPS) is 12.1. The third kappa shape index (κ3) is 5.55. The second-order valence-electron chi connectivity index (χ2n) is 8.04. The van der Waals surface area contributed by atoms with Crippen LogP contribution in [-0.4, -0.2) is 39.3 Å². The molecule has 0 saturated carbocycles. The Morgan fingerprint density at radius 1 is 1.17 bits per heavy atom. The second-order valence-corrected chi connectivity index (χ2v) is 8.04. The number of anilines is 1. The van der Waals surface area contributed by atoms with Crippen LogP contribution >= 0.6 is 0 Å². The fraction of sp³-hybridized carbons (Fsp3) is 0.185. The van der Waals surface area contributed by atoms with Crippen LogP contribution in [0, 0.1) is 0 Å². The van der Waals surface area contributed by atoms with Crippen molar-refractivity contribution in [3.8, 4) is 5.75 Å². The van der Waals surface area contributed by atoms with Gasteiger partial charge in [0.25, 0.3) is 5.56 Å². The maximum Gasteiger partial charge on any atom is 0.304 e. The number of carbonyl (C=O) groups is 1. The summed E-state index contributed by atoms with van der Waals surface area (Å²) in [6.07, 6.45) is 5.39. The lowest BCUT2D eigenvalue weighted by Gasteiger charge is -2.19. The molecule has 0 saturated heterocycles. The van der Waals surface area contributed by atoms with Crippen molar-refractivity contribution in [2.45, 2.75) is 12.3 Å². The van der Waals surface area contributed by atoms with Crippen molar-refractivity contribution < 1.29 is 14.6 Å². The third-order valence-corrected chi connectivity index (χ3v) is 5.70. The summed E-state index contributed by atoms with van der Waals surface area (Å²) in [7, 11) is 3.18. The van der Waals surface area contributed by atoms with Gasteiger partial charge >= 0.3 is 5.97 Å². The minimum absolute atomic E-state index is 0.205. The molecular weight excluding hydrogens is 444 g/mol. The topological polar surface area (TPSA) is 106 Å². The van der Waals surface area contributed by atoms with Gasteiger partial charge < -0.3 is 15.2 Å². The Labute approximate surface area is 202 Å². The molecule has 2 aromatic carbocycles. The first kappa shape index (κ1) is 23.7. The number of methoxy groups -OCH3 is 1. The molecule has 0 radical (unpaired) electrons. The number of pyridine rings is 1. The second kappa shape index (κ2) is 10.6. The summed E-state index contributed by atoms with van der Waals surface area (Å²) in [4.78, 5) is 33.9. The van der Waals surface area contributed by atoms with Crippen molar-refractivity contribution in [3.63, 3.8) is 0 Å². The van der Waals surface area contributed by atoms with Gasteiger partial charge in [0.1, 0.15) is 17.4 Å². The van der Waals surface area contributed by atoms with E-state index in [1.165, 1.54) is 4.57 Å². The van der Waals surface area contributed by atoms with Gasteiger partial charge in [0.2, 0.25) is 0 Å². The molecule has 8 heteroatoms. The SMILES string of the molecule is COc1cccc([C@@H](CC(=O)O)c2nc3ccc(C=CCNc4ccccn4)cc3c(=O)n2C)c1. The number of carboxylic acids is 1. The Balaban J connectivity index is 1.65. The van der Waals surface area contributed by atoms with E-state index in [0.717, 1.165) is 11.4 Å². The molecular formula is C27H26N4O4. The van der Waals surface area contributed by atoms with Crippen LogP contribution < -0.4 is 15.6 Å². The molecule has 2 heterocycles. The Kier molecular flexibility index (Phi) is 7.21. The molecule has 2 aromatic heterocycles. The van der Waals surface area contributed by atoms with Gasteiger partial charge in [-0.1, -0.05) is 36.4 Å². The lowest BCUT2D eigenvalue weighted by molar-refractivity contribution is -0.137. The van der Waals surface area contributed by atoms with E-state index in [-0.39, 0.29) is 12.0 Å². The first-order chi connectivity index (χ1) is 17.0. The summed E-state index contributed by atoms with van der Waals surface area (Å²) in [6.45, 7) is 0.585. The van der Waals surface area contributed by atoms with Crippen molar-refractivity contribution >= 4 is 28.8 Å².